The van der Waals surface area contributed by atoms with Crippen LogP contribution >= 0.6 is 0 Å². The second-order valence-corrected chi connectivity index (χ2v) is 11.4. The van der Waals surface area contributed by atoms with Crippen LogP contribution in [0.4, 0.5) is 15.8 Å². The molecule has 9 nitrogen and oxygen atoms in total. The number of fused-ring (bicyclic) bond motifs is 1. The Labute approximate surface area is 242 Å². The summed E-state index contributed by atoms with van der Waals surface area (Å²) in [6.07, 6.45) is 0. The summed E-state index contributed by atoms with van der Waals surface area (Å²) in [6.45, 7) is 1.79. The highest BCUT2D eigenvalue weighted by molar-refractivity contribution is 7.92. The van der Waals surface area contributed by atoms with Gasteiger partial charge in [0, 0.05) is 6.07 Å². The highest BCUT2D eigenvalue weighted by atomic mass is 32.2. The highest BCUT2D eigenvalue weighted by Gasteiger charge is 2.29. The normalized spacial score (nSPS) is 13.1. The van der Waals surface area contributed by atoms with Gasteiger partial charge in [0.2, 0.25) is 5.91 Å². The van der Waals surface area contributed by atoms with Crippen LogP contribution in [0, 0.1) is 5.82 Å². The molecular weight excluding hydrogens is 561 g/mol. The molecule has 0 saturated carbocycles. The van der Waals surface area contributed by atoms with Crippen LogP contribution in [-0.2, 0) is 14.8 Å². The molecule has 0 unspecified atom stereocenters. The minimum Gasteiger partial charge on any atom is -0.486 e. The average Bonchev–Trinajstić information content (AvgIpc) is 3.00. The number of nitrogens with zero attached hydrogens (tertiary/aromatic N) is 1. The molecule has 1 aliphatic heterocycles. The van der Waals surface area contributed by atoms with Crippen molar-refractivity contribution >= 4 is 33.2 Å². The Morgan fingerprint density at radius 3 is 2.29 bits per heavy atom. The summed E-state index contributed by atoms with van der Waals surface area (Å²) in [7, 11) is -4.33. The average molecular weight is 590 g/mol. The zero-order chi connectivity index (χ0) is 29.7. The summed E-state index contributed by atoms with van der Waals surface area (Å²) in [5, 5.41) is 5.58. The highest BCUT2D eigenvalue weighted by Crippen LogP contribution is 2.34. The summed E-state index contributed by atoms with van der Waals surface area (Å²) in [5.41, 5.74) is 1.39. The molecule has 1 heterocycles. The number of anilines is 2. The molecule has 0 radical (unpaired) electrons. The SMILES string of the molecule is C[C@H](NC(=O)c1ccccc1NC(=O)CN(c1ccc(F)cc1)S(=O)(=O)c1ccc2c(c1)OCCO2)c1ccccc1. The van der Waals surface area contributed by atoms with Crippen molar-refractivity contribution in [2.24, 2.45) is 0 Å². The molecule has 1 atom stereocenters. The van der Waals surface area contributed by atoms with E-state index in [1.54, 1.807) is 24.3 Å². The molecule has 0 fully saturated rings. The maximum absolute atomic E-state index is 13.8. The van der Waals surface area contributed by atoms with Gasteiger partial charge in [0.25, 0.3) is 15.9 Å². The monoisotopic (exact) mass is 589 g/mol. The number of para-hydroxylation sites is 1. The van der Waals surface area contributed by atoms with Gasteiger partial charge in [-0.3, -0.25) is 13.9 Å². The van der Waals surface area contributed by atoms with E-state index in [2.05, 4.69) is 10.6 Å². The van der Waals surface area contributed by atoms with Crippen LogP contribution in [0.3, 0.4) is 0 Å². The smallest absolute Gasteiger partial charge is 0.264 e. The standard InChI is InChI=1S/C31H28FN3O6S/c1-21(22-7-3-2-4-8-22)33-31(37)26-9-5-6-10-27(26)34-30(36)20-35(24-13-11-23(32)12-14-24)42(38,39)25-15-16-28-29(19-25)41-18-17-40-28/h2-16,19,21H,17-18,20H2,1H3,(H,33,37)(H,34,36)/t21-/m0/s1. The van der Waals surface area contributed by atoms with Gasteiger partial charge in [-0.25, -0.2) is 12.8 Å². The lowest BCUT2D eigenvalue weighted by Gasteiger charge is -2.25. The zero-order valence-corrected chi connectivity index (χ0v) is 23.4. The topological polar surface area (TPSA) is 114 Å². The Morgan fingerprint density at radius 1 is 0.881 bits per heavy atom. The first-order chi connectivity index (χ1) is 20.2. The number of hydrogen-bond donors (Lipinski definition) is 2. The Balaban J connectivity index is 1.39. The molecule has 42 heavy (non-hydrogen) atoms. The third kappa shape index (κ3) is 6.36. The van der Waals surface area contributed by atoms with Crippen LogP contribution in [0.25, 0.3) is 0 Å². The first-order valence-electron chi connectivity index (χ1n) is 13.1. The van der Waals surface area contributed by atoms with Gasteiger partial charge in [0.05, 0.1) is 27.9 Å². The first-order valence-corrected chi connectivity index (χ1v) is 14.6. The summed E-state index contributed by atoms with van der Waals surface area (Å²) < 4.78 is 53.2. The first kappa shape index (κ1) is 28.6. The Morgan fingerprint density at radius 2 is 1.55 bits per heavy atom. The van der Waals surface area contributed by atoms with E-state index in [0.717, 1.165) is 22.0 Å². The number of ether oxygens (including phenoxy) is 2. The van der Waals surface area contributed by atoms with Crippen LogP contribution in [0.1, 0.15) is 28.9 Å². The largest absolute Gasteiger partial charge is 0.486 e. The molecule has 0 aliphatic carbocycles. The van der Waals surface area contributed by atoms with E-state index in [1.807, 2.05) is 37.3 Å². The van der Waals surface area contributed by atoms with E-state index in [1.165, 1.54) is 30.3 Å². The molecule has 2 amide bonds. The van der Waals surface area contributed by atoms with Crippen molar-refractivity contribution < 1.29 is 31.9 Å². The van der Waals surface area contributed by atoms with Gasteiger partial charge in [-0.15, -0.1) is 0 Å². The number of carbonyl (C=O) groups is 2. The van der Waals surface area contributed by atoms with Crippen molar-refractivity contribution in [3.8, 4) is 11.5 Å². The second kappa shape index (κ2) is 12.3. The number of amides is 2. The predicted octanol–water partition coefficient (Wildman–Crippen LogP) is 4.92. The second-order valence-electron chi connectivity index (χ2n) is 9.49. The number of nitrogens with one attached hydrogen (secondary N) is 2. The van der Waals surface area contributed by atoms with Crippen molar-refractivity contribution in [3.05, 3.63) is 114 Å². The number of benzene rings is 4. The Hall–Kier alpha value is -4.90. The van der Waals surface area contributed by atoms with Crippen molar-refractivity contribution in [2.45, 2.75) is 17.9 Å². The van der Waals surface area contributed by atoms with E-state index >= 15 is 0 Å². The van der Waals surface area contributed by atoms with Crippen LogP contribution in [-0.4, -0.2) is 40.0 Å². The molecule has 2 N–H and O–H groups in total. The van der Waals surface area contributed by atoms with E-state index in [-0.39, 0.29) is 40.2 Å². The van der Waals surface area contributed by atoms with Crippen molar-refractivity contribution in [1.82, 2.24) is 5.32 Å². The number of hydrogen-bond acceptors (Lipinski definition) is 6. The molecule has 216 valence electrons. The summed E-state index contributed by atoms with van der Waals surface area (Å²) in [6, 6.07) is 24.4. The van der Waals surface area contributed by atoms with Gasteiger partial charge in [-0.1, -0.05) is 42.5 Å². The fraction of sp³-hybridized carbons (Fsp3) is 0.161. The van der Waals surface area contributed by atoms with E-state index in [4.69, 9.17) is 9.47 Å². The molecule has 4 aromatic carbocycles. The van der Waals surface area contributed by atoms with Crippen LogP contribution in [0.5, 0.6) is 11.5 Å². The lowest BCUT2D eigenvalue weighted by molar-refractivity contribution is -0.114. The quantitative estimate of drug-likeness (QED) is 0.287. The Bertz CT molecular complexity index is 1700. The van der Waals surface area contributed by atoms with E-state index < -0.39 is 34.2 Å². The Kier molecular flexibility index (Phi) is 8.39. The van der Waals surface area contributed by atoms with Crippen LogP contribution in [0.15, 0.2) is 102 Å². The molecule has 0 spiro atoms. The molecule has 0 saturated heterocycles. The number of halogens is 1. The minimum absolute atomic E-state index is 0.0733. The number of carbonyl (C=O) groups excluding carboxylic acids is 2. The van der Waals surface area contributed by atoms with E-state index in [9.17, 15) is 22.4 Å². The van der Waals surface area contributed by atoms with Gasteiger partial charge in [-0.05, 0) is 61.0 Å². The van der Waals surface area contributed by atoms with Gasteiger partial charge in [0.15, 0.2) is 11.5 Å². The van der Waals surface area contributed by atoms with Crippen molar-refractivity contribution in [2.75, 3.05) is 29.4 Å². The molecule has 0 bridgehead atoms. The molecule has 1 aliphatic rings. The maximum atomic E-state index is 13.8. The molecule has 11 heteroatoms. The third-order valence-corrected chi connectivity index (χ3v) is 8.37. The molecule has 5 rings (SSSR count). The third-order valence-electron chi connectivity index (χ3n) is 6.60. The maximum Gasteiger partial charge on any atom is 0.264 e. The zero-order valence-electron chi connectivity index (χ0n) is 22.6. The van der Waals surface area contributed by atoms with Gasteiger partial charge in [0.1, 0.15) is 25.6 Å². The fourth-order valence-corrected chi connectivity index (χ4v) is 5.88. The van der Waals surface area contributed by atoms with Crippen LogP contribution < -0.4 is 24.4 Å². The van der Waals surface area contributed by atoms with Crippen LogP contribution in [0.2, 0.25) is 0 Å². The summed E-state index contributed by atoms with van der Waals surface area (Å²) >= 11 is 0. The summed E-state index contributed by atoms with van der Waals surface area (Å²) in [4.78, 5) is 26.3. The lowest BCUT2D eigenvalue weighted by atomic mass is 10.1. The lowest BCUT2D eigenvalue weighted by Crippen LogP contribution is -2.38. The minimum atomic E-state index is -4.33. The number of sulfonamides is 1. The number of rotatable bonds is 9. The molecule has 0 aromatic heterocycles. The summed E-state index contributed by atoms with van der Waals surface area (Å²) in [5.74, 6) is -1.03. The predicted molar refractivity (Wildman–Crippen MR) is 156 cm³/mol. The fourth-order valence-electron chi connectivity index (χ4n) is 4.44. The van der Waals surface area contributed by atoms with Gasteiger partial charge < -0.3 is 20.1 Å². The van der Waals surface area contributed by atoms with Gasteiger partial charge >= 0.3 is 0 Å². The molecular formula is C31H28FN3O6S. The molecule has 4 aromatic rings. The van der Waals surface area contributed by atoms with E-state index in [0.29, 0.717) is 12.4 Å². The van der Waals surface area contributed by atoms with Crippen molar-refractivity contribution in [1.29, 1.82) is 0 Å². The van der Waals surface area contributed by atoms with Gasteiger partial charge in [-0.2, -0.15) is 0 Å². The van der Waals surface area contributed by atoms with Crippen molar-refractivity contribution in [3.63, 3.8) is 0 Å².